The second kappa shape index (κ2) is 12.5. The number of nitrogens with zero attached hydrogens (tertiary/aromatic N) is 2. The van der Waals surface area contributed by atoms with Crippen molar-refractivity contribution in [1.82, 2.24) is 9.80 Å². The van der Waals surface area contributed by atoms with Crippen molar-refractivity contribution in [3.05, 3.63) is 0 Å². The number of rotatable bonds is 13. The molecule has 9 nitrogen and oxygen atoms in total. The summed E-state index contributed by atoms with van der Waals surface area (Å²) >= 11 is 0. The number of esters is 1. The molecule has 0 aliphatic carbocycles. The van der Waals surface area contributed by atoms with Gasteiger partial charge in [-0.05, 0) is 0 Å². The maximum atomic E-state index is 11.6. The fourth-order valence-electron chi connectivity index (χ4n) is 1.67. The summed E-state index contributed by atoms with van der Waals surface area (Å²) in [5.41, 5.74) is 0. The molecule has 0 aliphatic heterocycles. The number of aliphatic carboxylic acids is 1. The Bertz CT molecular complexity index is 295. The molecule has 0 aromatic rings. The molecule has 9 heteroatoms. The number of carbonyl (C=O) groups is 2. The average Bonchev–Trinajstić information content (AvgIpc) is 2.38. The van der Waals surface area contributed by atoms with E-state index in [1.165, 1.54) is 4.90 Å². The third-order valence-corrected chi connectivity index (χ3v) is 2.63. The topological polar surface area (TPSA) is 131 Å². The van der Waals surface area contributed by atoms with Crippen molar-refractivity contribution in [1.29, 1.82) is 0 Å². The SMILES string of the molecule is O=C(O)CN(CCO)CCOC(=O)CN(CCO)CCO. The zero-order valence-corrected chi connectivity index (χ0v) is 12.0. The Kier molecular flexibility index (Phi) is 11.7. The molecule has 0 rings (SSSR count). The van der Waals surface area contributed by atoms with Crippen molar-refractivity contribution in [3.8, 4) is 0 Å². The van der Waals surface area contributed by atoms with Crippen LogP contribution in [0.25, 0.3) is 0 Å². The summed E-state index contributed by atoms with van der Waals surface area (Å²) in [6.45, 7) is 0.187. The van der Waals surface area contributed by atoms with E-state index in [0.717, 1.165) is 0 Å². The quantitative estimate of drug-likeness (QED) is 0.266. The third kappa shape index (κ3) is 11.1. The smallest absolute Gasteiger partial charge is 0.320 e. The fourth-order valence-corrected chi connectivity index (χ4v) is 1.67. The first-order valence-electron chi connectivity index (χ1n) is 6.68. The van der Waals surface area contributed by atoms with Gasteiger partial charge in [-0.2, -0.15) is 0 Å². The van der Waals surface area contributed by atoms with Gasteiger partial charge < -0.3 is 25.2 Å². The number of carboxylic acids is 1. The molecule has 21 heavy (non-hydrogen) atoms. The predicted octanol–water partition coefficient (Wildman–Crippen LogP) is -2.80. The van der Waals surface area contributed by atoms with Crippen LogP contribution in [0.5, 0.6) is 0 Å². The summed E-state index contributed by atoms with van der Waals surface area (Å²) < 4.78 is 4.96. The van der Waals surface area contributed by atoms with E-state index < -0.39 is 11.9 Å². The first-order valence-corrected chi connectivity index (χ1v) is 6.68. The van der Waals surface area contributed by atoms with Gasteiger partial charge in [-0.15, -0.1) is 0 Å². The minimum absolute atomic E-state index is 0.0121. The van der Waals surface area contributed by atoms with Crippen LogP contribution in [0.4, 0.5) is 0 Å². The van der Waals surface area contributed by atoms with E-state index in [1.807, 2.05) is 0 Å². The molecule has 0 radical (unpaired) electrons. The number of aliphatic hydroxyl groups is 3. The lowest BCUT2D eigenvalue weighted by atomic mass is 10.4. The van der Waals surface area contributed by atoms with Crippen molar-refractivity contribution < 1.29 is 34.8 Å². The van der Waals surface area contributed by atoms with Crippen molar-refractivity contribution >= 4 is 11.9 Å². The molecule has 4 N–H and O–H groups in total. The van der Waals surface area contributed by atoms with Crippen molar-refractivity contribution in [3.63, 3.8) is 0 Å². The minimum atomic E-state index is -1.02. The standard InChI is InChI=1S/C12H24N2O7/c15-5-1-13(2-6-16)10-12(20)21-8-4-14(3-7-17)9-11(18)19/h15-17H,1-10H2,(H,18,19). The van der Waals surface area contributed by atoms with Gasteiger partial charge in [0.2, 0.25) is 0 Å². The van der Waals surface area contributed by atoms with Gasteiger partial charge in [0.25, 0.3) is 0 Å². The van der Waals surface area contributed by atoms with E-state index in [2.05, 4.69) is 0 Å². The molecule has 0 aliphatic rings. The van der Waals surface area contributed by atoms with E-state index in [0.29, 0.717) is 0 Å². The summed E-state index contributed by atoms with van der Waals surface area (Å²) in [5, 5.41) is 35.1. The fraction of sp³-hybridized carbons (Fsp3) is 0.833. The highest BCUT2D eigenvalue weighted by Crippen LogP contribution is 1.92. The van der Waals surface area contributed by atoms with Crippen molar-refractivity contribution in [2.45, 2.75) is 0 Å². The molecule has 0 fully saturated rings. The third-order valence-electron chi connectivity index (χ3n) is 2.63. The number of ether oxygens (including phenoxy) is 1. The molecular formula is C12H24N2O7. The normalized spacial score (nSPS) is 11.1. The first-order chi connectivity index (χ1) is 10.0. The molecule has 0 spiro atoms. The monoisotopic (exact) mass is 308 g/mol. The van der Waals surface area contributed by atoms with Crippen LogP contribution in [-0.2, 0) is 14.3 Å². The van der Waals surface area contributed by atoms with E-state index in [1.54, 1.807) is 4.90 Å². The average molecular weight is 308 g/mol. The molecule has 0 unspecified atom stereocenters. The Balaban J connectivity index is 4.01. The Labute approximate surface area is 123 Å². The van der Waals surface area contributed by atoms with Gasteiger partial charge in [-0.1, -0.05) is 0 Å². The van der Waals surface area contributed by atoms with Crippen LogP contribution in [0, 0.1) is 0 Å². The number of carboxylic acid groups (broad SMARTS) is 1. The first kappa shape index (κ1) is 19.7. The second-order valence-corrected chi connectivity index (χ2v) is 4.34. The molecule has 0 bridgehead atoms. The van der Waals surface area contributed by atoms with E-state index in [-0.39, 0.29) is 65.7 Å². The van der Waals surface area contributed by atoms with Gasteiger partial charge in [0.05, 0.1) is 32.9 Å². The molecule has 0 aromatic heterocycles. The van der Waals surface area contributed by atoms with Gasteiger partial charge in [0, 0.05) is 26.2 Å². The van der Waals surface area contributed by atoms with E-state index >= 15 is 0 Å². The summed E-state index contributed by atoms with van der Waals surface area (Å²) in [4.78, 5) is 25.1. The highest BCUT2D eigenvalue weighted by Gasteiger charge is 2.13. The highest BCUT2D eigenvalue weighted by molar-refractivity contribution is 5.71. The van der Waals surface area contributed by atoms with Crippen LogP contribution >= 0.6 is 0 Å². The molecule has 0 aromatic carbocycles. The van der Waals surface area contributed by atoms with Crippen molar-refractivity contribution in [2.24, 2.45) is 0 Å². The van der Waals surface area contributed by atoms with Gasteiger partial charge in [0.15, 0.2) is 0 Å². The predicted molar refractivity (Wildman–Crippen MR) is 72.7 cm³/mol. The number of aliphatic hydroxyl groups excluding tert-OH is 3. The van der Waals surface area contributed by atoms with Gasteiger partial charge >= 0.3 is 11.9 Å². The van der Waals surface area contributed by atoms with Crippen LogP contribution in [0.1, 0.15) is 0 Å². The lowest BCUT2D eigenvalue weighted by molar-refractivity contribution is -0.145. The van der Waals surface area contributed by atoms with Gasteiger partial charge in [0.1, 0.15) is 6.61 Å². The summed E-state index contributed by atoms with van der Waals surface area (Å²) in [6.07, 6.45) is 0. The second-order valence-electron chi connectivity index (χ2n) is 4.34. The maximum absolute atomic E-state index is 11.6. The van der Waals surface area contributed by atoms with Crippen LogP contribution in [0.3, 0.4) is 0 Å². The van der Waals surface area contributed by atoms with Gasteiger partial charge in [-0.3, -0.25) is 19.4 Å². The molecule has 0 atom stereocenters. The Morgan fingerprint density at radius 1 is 0.810 bits per heavy atom. The zero-order valence-electron chi connectivity index (χ0n) is 12.0. The Morgan fingerprint density at radius 2 is 1.29 bits per heavy atom. The Morgan fingerprint density at radius 3 is 1.71 bits per heavy atom. The van der Waals surface area contributed by atoms with Crippen LogP contribution in [-0.4, -0.2) is 108 Å². The van der Waals surface area contributed by atoms with Crippen LogP contribution < -0.4 is 0 Å². The molecular weight excluding hydrogens is 284 g/mol. The summed E-state index contributed by atoms with van der Waals surface area (Å²) in [7, 11) is 0. The van der Waals surface area contributed by atoms with Gasteiger partial charge in [-0.25, -0.2) is 0 Å². The number of carbonyl (C=O) groups excluding carboxylic acids is 1. The largest absolute Gasteiger partial charge is 0.480 e. The zero-order chi connectivity index (χ0) is 16.1. The summed E-state index contributed by atoms with van der Waals surface area (Å²) in [5.74, 6) is -1.54. The lowest BCUT2D eigenvalue weighted by Crippen LogP contribution is -2.38. The molecule has 124 valence electrons. The molecule has 0 heterocycles. The minimum Gasteiger partial charge on any atom is -0.480 e. The molecule has 0 saturated carbocycles. The highest BCUT2D eigenvalue weighted by atomic mass is 16.5. The summed E-state index contributed by atoms with van der Waals surface area (Å²) in [6, 6.07) is 0. The Hall–Kier alpha value is -1.26. The van der Waals surface area contributed by atoms with E-state index in [4.69, 9.17) is 25.2 Å². The van der Waals surface area contributed by atoms with Crippen LogP contribution in [0.2, 0.25) is 0 Å². The van der Waals surface area contributed by atoms with Crippen molar-refractivity contribution in [2.75, 3.05) is 65.7 Å². The lowest BCUT2D eigenvalue weighted by Gasteiger charge is -2.21. The number of hydrogen-bond donors (Lipinski definition) is 4. The maximum Gasteiger partial charge on any atom is 0.320 e. The van der Waals surface area contributed by atoms with Crippen LogP contribution in [0.15, 0.2) is 0 Å². The number of hydrogen-bond acceptors (Lipinski definition) is 8. The van der Waals surface area contributed by atoms with E-state index in [9.17, 15) is 9.59 Å². The molecule has 0 amide bonds. The molecule has 0 saturated heterocycles.